The van der Waals surface area contributed by atoms with Gasteiger partial charge in [-0.05, 0) is 42.7 Å². The van der Waals surface area contributed by atoms with Crippen LogP contribution >= 0.6 is 0 Å². The molecule has 2 aromatic rings. The fourth-order valence-corrected chi connectivity index (χ4v) is 6.13. The molecular weight excluding hydrogens is 445 g/mol. The van der Waals surface area contributed by atoms with Gasteiger partial charge in [-0.25, -0.2) is 12.8 Å². The normalized spacial score (nSPS) is 19.1. The Hall–Kier alpha value is -2.78. The molecule has 9 heteroatoms. The van der Waals surface area contributed by atoms with Gasteiger partial charge in [-0.2, -0.15) is 4.31 Å². The summed E-state index contributed by atoms with van der Waals surface area (Å²) in [5.74, 6) is -1.15. The highest BCUT2D eigenvalue weighted by molar-refractivity contribution is 7.89. The highest BCUT2D eigenvalue weighted by Gasteiger charge is 2.38. The highest BCUT2D eigenvalue weighted by atomic mass is 32.2. The van der Waals surface area contributed by atoms with Crippen LogP contribution in [-0.2, 0) is 32.6 Å². The Morgan fingerprint density at radius 1 is 1.06 bits per heavy atom. The molecule has 0 radical (unpaired) electrons. The number of sulfonamides is 1. The lowest BCUT2D eigenvalue weighted by Crippen LogP contribution is -2.47. The molecule has 2 heterocycles. The zero-order valence-corrected chi connectivity index (χ0v) is 19.4. The predicted molar refractivity (Wildman–Crippen MR) is 123 cm³/mol. The van der Waals surface area contributed by atoms with Crippen LogP contribution in [0.1, 0.15) is 43.7 Å². The molecule has 0 aromatic heterocycles. The minimum Gasteiger partial charge on any atom is -0.350 e. The number of amides is 2. The van der Waals surface area contributed by atoms with Crippen LogP contribution in [0.3, 0.4) is 0 Å². The number of hydrogen-bond acceptors (Lipinski definition) is 4. The van der Waals surface area contributed by atoms with Crippen molar-refractivity contribution in [1.82, 2.24) is 9.62 Å². The van der Waals surface area contributed by atoms with Crippen molar-refractivity contribution >= 4 is 27.5 Å². The number of anilines is 1. The Morgan fingerprint density at radius 3 is 2.42 bits per heavy atom. The first-order chi connectivity index (χ1) is 15.8. The van der Waals surface area contributed by atoms with E-state index in [1.807, 2.05) is 0 Å². The Kier molecular flexibility index (Phi) is 6.81. The van der Waals surface area contributed by atoms with Crippen molar-refractivity contribution in [2.75, 3.05) is 18.0 Å². The van der Waals surface area contributed by atoms with Crippen molar-refractivity contribution in [2.45, 2.75) is 56.5 Å². The van der Waals surface area contributed by atoms with Crippen molar-refractivity contribution in [2.24, 2.45) is 0 Å². The summed E-state index contributed by atoms with van der Waals surface area (Å²) < 4.78 is 41.8. The maximum atomic E-state index is 13.9. The molecule has 2 aliphatic rings. The van der Waals surface area contributed by atoms with Crippen molar-refractivity contribution < 1.29 is 22.4 Å². The Morgan fingerprint density at radius 2 is 1.76 bits per heavy atom. The van der Waals surface area contributed by atoms with Gasteiger partial charge in [0.1, 0.15) is 11.9 Å². The summed E-state index contributed by atoms with van der Waals surface area (Å²) in [7, 11) is -3.65. The lowest BCUT2D eigenvalue weighted by Gasteiger charge is -2.24. The van der Waals surface area contributed by atoms with E-state index in [0.29, 0.717) is 29.9 Å². The van der Waals surface area contributed by atoms with Crippen LogP contribution in [-0.4, -0.2) is 43.7 Å². The first-order valence-electron chi connectivity index (χ1n) is 11.2. The Bertz CT molecular complexity index is 1160. The van der Waals surface area contributed by atoms with E-state index in [1.165, 1.54) is 28.3 Å². The molecule has 4 rings (SSSR count). The predicted octanol–water partition coefficient (Wildman–Crippen LogP) is 2.98. The molecule has 2 aromatic carbocycles. The van der Waals surface area contributed by atoms with E-state index in [1.54, 1.807) is 30.3 Å². The third kappa shape index (κ3) is 4.79. The van der Waals surface area contributed by atoms with Crippen LogP contribution in [0.2, 0.25) is 0 Å². The number of carbonyl (C=O) groups excluding carboxylic acids is 2. The van der Waals surface area contributed by atoms with Gasteiger partial charge in [0.05, 0.1) is 4.90 Å². The van der Waals surface area contributed by atoms with E-state index in [-0.39, 0.29) is 23.8 Å². The van der Waals surface area contributed by atoms with Gasteiger partial charge in [0.2, 0.25) is 21.8 Å². The van der Waals surface area contributed by atoms with Gasteiger partial charge in [0.15, 0.2) is 0 Å². The minimum absolute atomic E-state index is 0.00130. The van der Waals surface area contributed by atoms with E-state index >= 15 is 0 Å². The smallest absolute Gasteiger partial charge is 0.243 e. The summed E-state index contributed by atoms with van der Waals surface area (Å²) in [6.07, 6.45) is 3.92. The molecule has 1 N–H and O–H groups in total. The molecule has 7 nitrogen and oxygen atoms in total. The SMILES string of the molecule is CC(=O)N1c2ccc(S(=O)(=O)N3CCCCCC3)cc2C[C@H]1C(=O)NCc1ccccc1F. The molecule has 1 saturated heterocycles. The maximum Gasteiger partial charge on any atom is 0.243 e. The summed E-state index contributed by atoms with van der Waals surface area (Å²) in [5.41, 5.74) is 1.51. The van der Waals surface area contributed by atoms with Crippen LogP contribution in [0.15, 0.2) is 47.4 Å². The van der Waals surface area contributed by atoms with Crippen LogP contribution < -0.4 is 10.2 Å². The highest BCUT2D eigenvalue weighted by Crippen LogP contribution is 2.35. The van der Waals surface area contributed by atoms with Crippen molar-refractivity contribution in [1.29, 1.82) is 0 Å². The Balaban J connectivity index is 1.55. The van der Waals surface area contributed by atoms with Gasteiger partial charge in [-0.15, -0.1) is 0 Å². The minimum atomic E-state index is -3.65. The lowest BCUT2D eigenvalue weighted by atomic mass is 10.1. The number of nitrogens with one attached hydrogen (secondary N) is 1. The molecule has 0 bridgehead atoms. The first-order valence-corrected chi connectivity index (χ1v) is 12.7. The maximum absolute atomic E-state index is 13.9. The fourth-order valence-electron chi connectivity index (χ4n) is 4.56. The van der Waals surface area contributed by atoms with E-state index in [0.717, 1.165) is 25.7 Å². The first kappa shape index (κ1) is 23.4. The van der Waals surface area contributed by atoms with Gasteiger partial charge in [-0.3, -0.25) is 14.5 Å². The second kappa shape index (κ2) is 9.61. The number of benzene rings is 2. The second-order valence-electron chi connectivity index (χ2n) is 8.53. The Labute approximate surface area is 193 Å². The molecule has 0 unspecified atom stereocenters. The number of fused-ring (bicyclic) bond motifs is 1. The van der Waals surface area contributed by atoms with Gasteiger partial charge >= 0.3 is 0 Å². The molecule has 176 valence electrons. The average molecular weight is 474 g/mol. The number of hydrogen-bond donors (Lipinski definition) is 1. The number of nitrogens with zero attached hydrogens (tertiary/aromatic N) is 2. The third-order valence-electron chi connectivity index (χ3n) is 6.29. The number of rotatable bonds is 5. The van der Waals surface area contributed by atoms with Crippen LogP contribution in [0.5, 0.6) is 0 Å². The van der Waals surface area contributed by atoms with Crippen LogP contribution in [0.25, 0.3) is 0 Å². The molecular formula is C24H28FN3O4S. The van der Waals surface area contributed by atoms with Gasteiger partial charge in [0.25, 0.3) is 0 Å². The molecule has 0 aliphatic carbocycles. The molecule has 2 amide bonds. The summed E-state index contributed by atoms with van der Waals surface area (Å²) in [6.45, 7) is 2.37. The topological polar surface area (TPSA) is 86.8 Å². The summed E-state index contributed by atoms with van der Waals surface area (Å²) >= 11 is 0. The summed E-state index contributed by atoms with van der Waals surface area (Å²) in [5, 5.41) is 2.71. The molecule has 1 atom stereocenters. The number of carbonyl (C=O) groups is 2. The molecule has 1 fully saturated rings. The summed E-state index contributed by atoms with van der Waals surface area (Å²) in [6, 6.07) is 10.0. The van der Waals surface area contributed by atoms with Crippen LogP contribution in [0, 0.1) is 5.82 Å². The van der Waals surface area contributed by atoms with Gasteiger partial charge < -0.3 is 5.32 Å². The molecule has 33 heavy (non-hydrogen) atoms. The van der Waals surface area contributed by atoms with E-state index in [4.69, 9.17) is 0 Å². The number of halogens is 1. The van der Waals surface area contributed by atoms with E-state index < -0.39 is 27.8 Å². The van der Waals surface area contributed by atoms with Gasteiger partial charge in [-0.1, -0.05) is 31.0 Å². The fraction of sp³-hybridized carbons (Fsp3) is 0.417. The zero-order valence-electron chi connectivity index (χ0n) is 18.6. The summed E-state index contributed by atoms with van der Waals surface area (Å²) in [4.78, 5) is 26.9. The molecule has 0 saturated carbocycles. The zero-order chi connectivity index (χ0) is 23.6. The average Bonchev–Trinajstić information content (AvgIpc) is 2.96. The standard InChI is InChI=1S/C24H28FN3O4S/c1-17(29)28-22-11-10-20(33(31,32)27-12-6-2-3-7-13-27)14-19(22)15-23(28)24(30)26-16-18-8-4-5-9-21(18)25/h4-5,8-11,14,23H,2-3,6-7,12-13,15-16H2,1H3,(H,26,30)/t23-/m0/s1. The van der Waals surface area contributed by atoms with Gasteiger partial charge in [0, 0.05) is 44.2 Å². The lowest BCUT2D eigenvalue weighted by molar-refractivity contribution is -0.125. The monoisotopic (exact) mass is 473 g/mol. The van der Waals surface area contributed by atoms with Crippen molar-refractivity contribution in [3.8, 4) is 0 Å². The molecule has 0 spiro atoms. The van der Waals surface area contributed by atoms with Crippen LogP contribution in [0.4, 0.5) is 10.1 Å². The quantitative estimate of drug-likeness (QED) is 0.723. The van der Waals surface area contributed by atoms with Crippen molar-refractivity contribution in [3.63, 3.8) is 0 Å². The molecule has 2 aliphatic heterocycles. The largest absolute Gasteiger partial charge is 0.350 e. The van der Waals surface area contributed by atoms with E-state index in [9.17, 15) is 22.4 Å². The second-order valence-corrected chi connectivity index (χ2v) is 10.5. The third-order valence-corrected chi connectivity index (χ3v) is 8.19. The van der Waals surface area contributed by atoms with E-state index in [2.05, 4.69) is 5.32 Å². The van der Waals surface area contributed by atoms with Crippen molar-refractivity contribution in [3.05, 3.63) is 59.4 Å².